The smallest absolute Gasteiger partial charge is 0.183 e. The summed E-state index contributed by atoms with van der Waals surface area (Å²) in [5.74, 6) is -0.199. The fourth-order valence-corrected chi connectivity index (χ4v) is 1.59. The maximum absolute atomic E-state index is 13.5. The number of nitrogens with zero attached hydrogens (tertiary/aromatic N) is 3. The van der Waals surface area contributed by atoms with Gasteiger partial charge < -0.3 is 5.32 Å². The lowest BCUT2D eigenvalue weighted by molar-refractivity contribution is 0.631. The van der Waals surface area contributed by atoms with Crippen molar-refractivity contribution < 1.29 is 4.39 Å². The highest BCUT2D eigenvalue weighted by atomic mass is 79.9. The summed E-state index contributed by atoms with van der Waals surface area (Å²) in [6, 6.07) is 6.34. The zero-order chi connectivity index (χ0) is 12.3. The lowest BCUT2D eigenvalue weighted by atomic mass is 10.3. The number of rotatable bonds is 2. The molecule has 17 heavy (non-hydrogen) atoms. The first-order valence-electron chi connectivity index (χ1n) is 4.64. The number of halogens is 2. The maximum atomic E-state index is 13.5. The van der Waals surface area contributed by atoms with Crippen LogP contribution in [0.1, 0.15) is 5.69 Å². The van der Waals surface area contributed by atoms with Gasteiger partial charge in [-0.25, -0.2) is 14.4 Å². The van der Waals surface area contributed by atoms with E-state index in [1.54, 1.807) is 12.1 Å². The zero-order valence-electron chi connectivity index (χ0n) is 8.48. The average Bonchev–Trinajstić information content (AvgIpc) is 2.34. The van der Waals surface area contributed by atoms with Gasteiger partial charge in [0.15, 0.2) is 11.5 Å². The van der Waals surface area contributed by atoms with Gasteiger partial charge in [0.05, 0.1) is 5.69 Å². The van der Waals surface area contributed by atoms with Gasteiger partial charge in [-0.1, -0.05) is 15.9 Å². The third-order valence-corrected chi connectivity index (χ3v) is 2.48. The predicted molar refractivity (Wildman–Crippen MR) is 64.1 cm³/mol. The van der Waals surface area contributed by atoms with Crippen LogP contribution in [-0.2, 0) is 0 Å². The topological polar surface area (TPSA) is 61.6 Å². The van der Waals surface area contributed by atoms with Crippen LogP contribution in [0.5, 0.6) is 0 Å². The predicted octanol–water partition coefficient (Wildman–Crippen LogP) is 2.99. The Labute approximate surface area is 105 Å². The standard InChI is InChI=1S/C11H6BrFN4/c12-7-1-2-8(13)9(5-7)17-11-10(6-14)15-3-4-16-11/h1-5H,(H,16,17). The highest BCUT2D eigenvalue weighted by Gasteiger charge is 2.08. The molecule has 0 aliphatic rings. The summed E-state index contributed by atoms with van der Waals surface area (Å²) in [6.07, 6.45) is 2.83. The fourth-order valence-electron chi connectivity index (χ4n) is 1.23. The Morgan fingerprint density at radius 1 is 1.29 bits per heavy atom. The average molecular weight is 293 g/mol. The molecule has 0 fully saturated rings. The van der Waals surface area contributed by atoms with E-state index < -0.39 is 5.82 Å². The molecule has 1 heterocycles. The molecule has 0 aliphatic heterocycles. The van der Waals surface area contributed by atoms with Crippen molar-refractivity contribution in [1.29, 1.82) is 5.26 Å². The summed E-state index contributed by atoms with van der Waals surface area (Å²) in [7, 11) is 0. The van der Waals surface area contributed by atoms with E-state index in [0.717, 1.165) is 4.47 Å². The van der Waals surface area contributed by atoms with Gasteiger partial charge in [0, 0.05) is 16.9 Å². The molecule has 0 atom stereocenters. The van der Waals surface area contributed by atoms with E-state index in [9.17, 15) is 4.39 Å². The van der Waals surface area contributed by atoms with Crippen molar-refractivity contribution in [3.63, 3.8) is 0 Å². The van der Waals surface area contributed by atoms with Crippen LogP contribution in [0.2, 0.25) is 0 Å². The lowest BCUT2D eigenvalue weighted by Gasteiger charge is -2.07. The molecule has 6 heteroatoms. The Morgan fingerprint density at radius 2 is 2.06 bits per heavy atom. The Hall–Kier alpha value is -2.00. The molecule has 0 saturated heterocycles. The van der Waals surface area contributed by atoms with Gasteiger partial charge in [-0.3, -0.25) is 0 Å². The van der Waals surface area contributed by atoms with Gasteiger partial charge in [-0.2, -0.15) is 5.26 Å². The molecule has 1 aromatic carbocycles. The number of aromatic nitrogens is 2. The Bertz CT molecular complexity index is 594. The second kappa shape index (κ2) is 4.89. The fraction of sp³-hybridized carbons (Fsp3) is 0. The molecule has 2 rings (SSSR count). The van der Waals surface area contributed by atoms with Crippen molar-refractivity contribution in [2.75, 3.05) is 5.32 Å². The van der Waals surface area contributed by atoms with Gasteiger partial charge in [-0.15, -0.1) is 0 Å². The molecule has 1 N–H and O–H groups in total. The summed E-state index contributed by atoms with van der Waals surface area (Å²) in [6.45, 7) is 0. The second-order valence-electron chi connectivity index (χ2n) is 3.11. The molecular formula is C11H6BrFN4. The van der Waals surface area contributed by atoms with Crippen molar-refractivity contribution in [1.82, 2.24) is 9.97 Å². The Morgan fingerprint density at radius 3 is 2.82 bits per heavy atom. The molecular weight excluding hydrogens is 287 g/mol. The van der Waals surface area contributed by atoms with Crippen LogP contribution in [0.15, 0.2) is 35.1 Å². The van der Waals surface area contributed by atoms with Crippen LogP contribution in [0.25, 0.3) is 0 Å². The molecule has 0 spiro atoms. The number of nitrogens with one attached hydrogen (secondary N) is 1. The van der Waals surface area contributed by atoms with Gasteiger partial charge in [0.25, 0.3) is 0 Å². The minimum absolute atomic E-state index is 0.117. The van der Waals surface area contributed by atoms with E-state index in [2.05, 4.69) is 31.2 Å². The van der Waals surface area contributed by atoms with E-state index in [1.807, 2.05) is 6.07 Å². The first-order chi connectivity index (χ1) is 8.20. The molecule has 2 aromatic rings. The Balaban J connectivity index is 2.38. The molecule has 0 unspecified atom stereocenters. The molecule has 84 valence electrons. The normalized spacial score (nSPS) is 9.71. The van der Waals surface area contributed by atoms with Crippen molar-refractivity contribution in [2.24, 2.45) is 0 Å². The van der Waals surface area contributed by atoms with Crippen LogP contribution in [0.3, 0.4) is 0 Å². The van der Waals surface area contributed by atoms with Crippen LogP contribution >= 0.6 is 15.9 Å². The molecule has 0 aliphatic carbocycles. The molecule has 0 radical (unpaired) electrons. The van der Waals surface area contributed by atoms with Crippen LogP contribution < -0.4 is 5.32 Å². The van der Waals surface area contributed by atoms with Crippen molar-refractivity contribution in [3.05, 3.63) is 46.6 Å². The Kier molecular flexibility index (Phi) is 3.30. The van der Waals surface area contributed by atoms with Crippen molar-refractivity contribution in [3.8, 4) is 6.07 Å². The number of hydrogen-bond donors (Lipinski definition) is 1. The third kappa shape index (κ3) is 2.57. The van der Waals surface area contributed by atoms with E-state index in [-0.39, 0.29) is 17.2 Å². The minimum Gasteiger partial charge on any atom is -0.335 e. The minimum atomic E-state index is -0.428. The summed E-state index contributed by atoms with van der Waals surface area (Å²) in [5.41, 5.74) is 0.350. The quantitative estimate of drug-likeness (QED) is 0.924. The molecule has 0 bridgehead atoms. The molecule has 4 nitrogen and oxygen atoms in total. The largest absolute Gasteiger partial charge is 0.335 e. The maximum Gasteiger partial charge on any atom is 0.183 e. The number of hydrogen-bond acceptors (Lipinski definition) is 4. The van der Waals surface area contributed by atoms with Crippen molar-refractivity contribution in [2.45, 2.75) is 0 Å². The van der Waals surface area contributed by atoms with E-state index >= 15 is 0 Å². The third-order valence-electron chi connectivity index (χ3n) is 1.99. The summed E-state index contributed by atoms with van der Waals surface area (Å²) < 4.78 is 14.2. The van der Waals surface area contributed by atoms with Crippen LogP contribution in [0, 0.1) is 17.1 Å². The SMILES string of the molecule is N#Cc1nccnc1Nc1cc(Br)ccc1F. The molecule has 0 amide bonds. The van der Waals surface area contributed by atoms with Gasteiger partial charge in [-0.05, 0) is 18.2 Å². The van der Waals surface area contributed by atoms with E-state index in [0.29, 0.717) is 0 Å². The van der Waals surface area contributed by atoms with E-state index in [1.165, 1.54) is 18.5 Å². The summed E-state index contributed by atoms with van der Waals surface area (Å²) in [4.78, 5) is 7.76. The molecule has 1 aromatic heterocycles. The van der Waals surface area contributed by atoms with E-state index in [4.69, 9.17) is 5.26 Å². The first kappa shape index (κ1) is 11.5. The second-order valence-corrected chi connectivity index (χ2v) is 4.03. The molecule has 0 saturated carbocycles. The van der Waals surface area contributed by atoms with Gasteiger partial charge >= 0.3 is 0 Å². The van der Waals surface area contributed by atoms with Gasteiger partial charge in [0.1, 0.15) is 11.9 Å². The van der Waals surface area contributed by atoms with Crippen LogP contribution in [0.4, 0.5) is 15.9 Å². The van der Waals surface area contributed by atoms with Crippen molar-refractivity contribution >= 4 is 27.4 Å². The van der Waals surface area contributed by atoms with Crippen LogP contribution in [-0.4, -0.2) is 9.97 Å². The summed E-state index contributed by atoms with van der Waals surface area (Å²) in [5, 5.41) is 11.6. The number of nitriles is 1. The highest BCUT2D eigenvalue weighted by Crippen LogP contribution is 2.23. The zero-order valence-corrected chi connectivity index (χ0v) is 10.1. The monoisotopic (exact) mass is 292 g/mol. The highest BCUT2D eigenvalue weighted by molar-refractivity contribution is 9.10. The first-order valence-corrected chi connectivity index (χ1v) is 5.43. The van der Waals surface area contributed by atoms with Gasteiger partial charge in [0.2, 0.25) is 0 Å². The number of benzene rings is 1. The summed E-state index contributed by atoms with van der Waals surface area (Å²) >= 11 is 3.24. The number of anilines is 2. The lowest BCUT2D eigenvalue weighted by Crippen LogP contribution is -2.00.